The van der Waals surface area contributed by atoms with E-state index in [0.717, 1.165) is 15.6 Å². The van der Waals surface area contributed by atoms with Crippen LogP contribution in [0.15, 0.2) is 65.6 Å². The summed E-state index contributed by atoms with van der Waals surface area (Å²) in [5.74, 6) is 1.93. The molecule has 0 radical (unpaired) electrons. The molecular formula is C29H32N2O7S2. The zero-order chi connectivity index (χ0) is 29.0. The fourth-order valence-electron chi connectivity index (χ4n) is 4.42. The zero-order valence-electron chi connectivity index (χ0n) is 23.3. The number of fused-ring (bicyclic) bond motifs is 1. The van der Waals surface area contributed by atoms with Gasteiger partial charge in [-0.15, -0.1) is 11.3 Å². The maximum atomic E-state index is 13.4. The van der Waals surface area contributed by atoms with E-state index in [0.29, 0.717) is 40.1 Å². The number of amides is 1. The van der Waals surface area contributed by atoms with Gasteiger partial charge in [0.15, 0.2) is 11.5 Å². The third kappa shape index (κ3) is 5.66. The molecule has 0 fully saturated rings. The first-order valence-corrected chi connectivity index (χ1v) is 14.7. The van der Waals surface area contributed by atoms with Crippen molar-refractivity contribution in [2.75, 3.05) is 46.3 Å². The van der Waals surface area contributed by atoms with Crippen LogP contribution in [0.5, 0.6) is 23.0 Å². The first kappa shape index (κ1) is 29.0. The van der Waals surface area contributed by atoms with Gasteiger partial charge >= 0.3 is 0 Å². The number of nitrogens with zero attached hydrogens (tertiary/aromatic N) is 2. The van der Waals surface area contributed by atoms with E-state index in [-0.39, 0.29) is 17.3 Å². The van der Waals surface area contributed by atoms with E-state index in [1.165, 1.54) is 42.0 Å². The summed E-state index contributed by atoms with van der Waals surface area (Å²) in [5, 5.41) is 0.787. The second-order valence-electron chi connectivity index (χ2n) is 8.87. The first-order chi connectivity index (χ1) is 19.2. The second kappa shape index (κ2) is 12.1. The van der Waals surface area contributed by atoms with Crippen LogP contribution in [0.2, 0.25) is 0 Å². The van der Waals surface area contributed by atoms with Crippen LogP contribution in [0.3, 0.4) is 0 Å². The van der Waals surface area contributed by atoms with Crippen LogP contribution in [0, 0.1) is 0 Å². The van der Waals surface area contributed by atoms with Gasteiger partial charge in [0, 0.05) is 24.8 Å². The molecule has 1 amide bonds. The summed E-state index contributed by atoms with van der Waals surface area (Å²) in [6, 6.07) is 17.1. The molecule has 0 unspecified atom stereocenters. The number of anilines is 1. The van der Waals surface area contributed by atoms with E-state index in [2.05, 4.69) is 0 Å². The lowest BCUT2D eigenvalue weighted by Gasteiger charge is -2.23. The molecule has 9 nitrogen and oxygen atoms in total. The van der Waals surface area contributed by atoms with Crippen LogP contribution >= 0.6 is 11.3 Å². The maximum Gasteiger partial charge on any atom is 0.264 e. The number of ether oxygens (including phenoxy) is 4. The molecule has 40 heavy (non-hydrogen) atoms. The van der Waals surface area contributed by atoms with Gasteiger partial charge in [-0.2, -0.15) is 0 Å². The molecule has 0 bridgehead atoms. The predicted octanol–water partition coefficient (Wildman–Crippen LogP) is 5.42. The fraction of sp³-hybridized carbons (Fsp3) is 0.276. The number of benzene rings is 3. The van der Waals surface area contributed by atoms with Gasteiger partial charge in [0.1, 0.15) is 5.75 Å². The molecule has 0 aliphatic carbocycles. The lowest BCUT2D eigenvalue weighted by Crippen LogP contribution is -2.30. The Labute approximate surface area is 238 Å². The lowest BCUT2D eigenvalue weighted by atomic mass is 10.1. The molecule has 0 aliphatic heterocycles. The Balaban J connectivity index is 1.59. The lowest BCUT2D eigenvalue weighted by molar-refractivity contribution is 0.0789. The van der Waals surface area contributed by atoms with Gasteiger partial charge < -0.3 is 23.8 Å². The van der Waals surface area contributed by atoms with Gasteiger partial charge in [-0.3, -0.25) is 9.10 Å². The molecule has 3 aromatic carbocycles. The predicted molar refractivity (Wildman–Crippen MR) is 157 cm³/mol. The summed E-state index contributed by atoms with van der Waals surface area (Å²) < 4.78 is 50.4. The highest BCUT2D eigenvalue weighted by Crippen LogP contribution is 2.39. The Morgan fingerprint density at radius 1 is 0.850 bits per heavy atom. The van der Waals surface area contributed by atoms with Crippen LogP contribution in [0.1, 0.15) is 22.2 Å². The van der Waals surface area contributed by atoms with Crippen LogP contribution in [-0.4, -0.2) is 61.3 Å². The van der Waals surface area contributed by atoms with E-state index < -0.39 is 10.0 Å². The molecule has 0 atom stereocenters. The average Bonchev–Trinajstić information content (AvgIpc) is 3.40. The van der Waals surface area contributed by atoms with Gasteiger partial charge in [0.05, 0.1) is 43.9 Å². The molecule has 4 rings (SSSR count). The molecule has 0 aliphatic rings. The number of thiophene rings is 1. The van der Waals surface area contributed by atoms with Crippen molar-refractivity contribution in [3.63, 3.8) is 0 Å². The second-order valence-corrected chi connectivity index (χ2v) is 11.8. The smallest absolute Gasteiger partial charge is 0.264 e. The summed E-state index contributed by atoms with van der Waals surface area (Å²) in [4.78, 5) is 15.7. The topological polar surface area (TPSA) is 94.6 Å². The minimum atomic E-state index is -3.80. The highest BCUT2D eigenvalue weighted by molar-refractivity contribution is 7.92. The summed E-state index contributed by atoms with van der Waals surface area (Å²) in [5.41, 5.74) is 1.34. The van der Waals surface area contributed by atoms with E-state index in [9.17, 15) is 13.2 Å². The molecule has 1 aromatic heterocycles. The van der Waals surface area contributed by atoms with Gasteiger partial charge in [-0.05, 0) is 78.5 Å². The van der Waals surface area contributed by atoms with Crippen molar-refractivity contribution < 1.29 is 32.2 Å². The van der Waals surface area contributed by atoms with Crippen molar-refractivity contribution >= 4 is 43.0 Å². The molecule has 0 spiro atoms. The van der Waals surface area contributed by atoms with Crippen LogP contribution in [0.4, 0.5) is 5.69 Å². The van der Waals surface area contributed by atoms with Crippen LogP contribution < -0.4 is 23.3 Å². The number of carbonyl (C=O) groups is 1. The van der Waals surface area contributed by atoms with E-state index in [1.807, 2.05) is 18.2 Å². The highest BCUT2D eigenvalue weighted by Gasteiger charge is 2.25. The molecule has 0 saturated carbocycles. The van der Waals surface area contributed by atoms with Crippen molar-refractivity contribution in [1.82, 2.24) is 4.90 Å². The van der Waals surface area contributed by atoms with Gasteiger partial charge in [-0.1, -0.05) is 0 Å². The average molecular weight is 585 g/mol. The molecule has 4 aromatic rings. The SMILES string of the molecule is CCN(c1ccc2sc(C(=O)N(C)Cc3cc(OC)c(OC)c(OC)c3)cc2c1)S(=O)(=O)c1ccc(OC)cc1. The molecule has 0 N–H and O–H groups in total. The number of hydrogen-bond acceptors (Lipinski definition) is 8. The number of hydrogen-bond donors (Lipinski definition) is 0. The Hall–Kier alpha value is -3.96. The van der Waals surface area contributed by atoms with Crippen molar-refractivity contribution in [2.45, 2.75) is 18.4 Å². The van der Waals surface area contributed by atoms with Crippen molar-refractivity contribution in [3.8, 4) is 23.0 Å². The zero-order valence-corrected chi connectivity index (χ0v) is 24.9. The Morgan fingerprint density at radius 3 is 2.05 bits per heavy atom. The van der Waals surface area contributed by atoms with Crippen molar-refractivity contribution in [3.05, 3.63) is 71.1 Å². The molecule has 11 heteroatoms. The Kier molecular flexibility index (Phi) is 8.75. The van der Waals surface area contributed by atoms with Crippen molar-refractivity contribution in [1.29, 1.82) is 0 Å². The molecular weight excluding hydrogens is 552 g/mol. The van der Waals surface area contributed by atoms with E-state index in [4.69, 9.17) is 18.9 Å². The molecule has 1 heterocycles. The summed E-state index contributed by atoms with van der Waals surface area (Å²) in [7, 11) is 4.09. The van der Waals surface area contributed by atoms with E-state index in [1.54, 1.807) is 63.4 Å². The monoisotopic (exact) mass is 584 g/mol. The quantitative estimate of drug-likeness (QED) is 0.232. The number of sulfonamides is 1. The molecule has 0 saturated heterocycles. The van der Waals surface area contributed by atoms with E-state index >= 15 is 0 Å². The third-order valence-electron chi connectivity index (χ3n) is 6.42. The van der Waals surface area contributed by atoms with Gasteiger partial charge in [0.25, 0.3) is 15.9 Å². The van der Waals surface area contributed by atoms with Crippen LogP contribution in [0.25, 0.3) is 10.1 Å². The maximum absolute atomic E-state index is 13.4. The van der Waals surface area contributed by atoms with Gasteiger partial charge in [0.2, 0.25) is 5.75 Å². The van der Waals surface area contributed by atoms with Crippen LogP contribution in [-0.2, 0) is 16.6 Å². The summed E-state index contributed by atoms with van der Waals surface area (Å²) in [6.45, 7) is 2.35. The fourth-order valence-corrected chi connectivity index (χ4v) is 6.92. The number of methoxy groups -OCH3 is 4. The largest absolute Gasteiger partial charge is 0.497 e. The Bertz CT molecular complexity index is 1590. The van der Waals surface area contributed by atoms with Crippen molar-refractivity contribution in [2.24, 2.45) is 0 Å². The Morgan fingerprint density at radius 2 is 1.50 bits per heavy atom. The third-order valence-corrected chi connectivity index (χ3v) is 9.45. The minimum absolute atomic E-state index is 0.158. The summed E-state index contributed by atoms with van der Waals surface area (Å²) in [6.07, 6.45) is 0. The standard InChI is InChI=1S/C29H32N2O7S2/c1-7-31(40(33,34)23-11-9-22(35-3)10-12-23)21-8-13-26-20(16-21)17-27(39-26)29(32)30(2)18-19-14-24(36-4)28(38-6)25(15-19)37-5/h8-17H,7,18H2,1-6H3. The molecule has 212 valence electrons. The summed E-state index contributed by atoms with van der Waals surface area (Å²) >= 11 is 1.36. The normalized spacial score (nSPS) is 11.2. The number of rotatable bonds is 11. The number of carbonyl (C=O) groups excluding carboxylic acids is 1. The highest BCUT2D eigenvalue weighted by atomic mass is 32.2. The minimum Gasteiger partial charge on any atom is -0.497 e. The first-order valence-electron chi connectivity index (χ1n) is 12.4. The van der Waals surface area contributed by atoms with Gasteiger partial charge in [-0.25, -0.2) is 8.42 Å².